The highest BCUT2D eigenvalue weighted by molar-refractivity contribution is 7.15. The molecule has 7 heteroatoms. The number of aromatic nitrogens is 1. The highest BCUT2D eigenvalue weighted by atomic mass is 32.1. The number of nitrogens with one attached hydrogen (secondary N) is 1. The lowest BCUT2D eigenvalue weighted by atomic mass is 9.47. The van der Waals surface area contributed by atoms with E-state index in [0.717, 1.165) is 47.9 Å². The predicted molar refractivity (Wildman–Crippen MR) is 106 cm³/mol. The number of carbonyl (C=O) groups is 1. The van der Waals surface area contributed by atoms with E-state index in [1.54, 1.807) is 11.3 Å². The molecule has 5 atom stereocenters. The molecular weight excluding hydrogens is 364 g/mol. The fraction of sp³-hybridized carbons (Fsp3) is 0.800. The minimum atomic E-state index is -0.821. The number of hydrogen-bond acceptors (Lipinski definition) is 6. The van der Waals surface area contributed by atoms with Crippen molar-refractivity contribution in [3.05, 3.63) is 10.6 Å². The number of aliphatic hydroxyl groups is 2. The largest absolute Gasteiger partial charge is 0.481 e. The van der Waals surface area contributed by atoms with E-state index < -0.39 is 17.5 Å². The van der Waals surface area contributed by atoms with Crippen LogP contribution in [0, 0.1) is 16.7 Å². The topological polar surface area (TPSA) is 103 Å². The summed E-state index contributed by atoms with van der Waals surface area (Å²) in [6, 6.07) is 0. The van der Waals surface area contributed by atoms with Gasteiger partial charge in [-0.3, -0.25) is 4.79 Å². The van der Waals surface area contributed by atoms with Gasteiger partial charge in [0.05, 0.1) is 24.8 Å². The Morgan fingerprint density at radius 3 is 2.78 bits per heavy atom. The Labute approximate surface area is 165 Å². The van der Waals surface area contributed by atoms with E-state index in [4.69, 9.17) is 4.98 Å². The van der Waals surface area contributed by atoms with Crippen molar-refractivity contribution < 1.29 is 20.1 Å². The molecule has 0 saturated heterocycles. The third-order valence-corrected chi connectivity index (χ3v) is 8.13. The van der Waals surface area contributed by atoms with Crippen LogP contribution in [0.4, 0.5) is 5.13 Å². The summed E-state index contributed by atoms with van der Waals surface area (Å²) in [5, 5.41) is 34.6. The summed E-state index contributed by atoms with van der Waals surface area (Å²) in [7, 11) is 0. The summed E-state index contributed by atoms with van der Waals surface area (Å²) >= 11 is 1.61. The molecule has 0 aliphatic heterocycles. The lowest BCUT2D eigenvalue weighted by Crippen LogP contribution is -2.57. The van der Waals surface area contributed by atoms with Gasteiger partial charge in [-0.05, 0) is 37.0 Å². The van der Waals surface area contributed by atoms with Gasteiger partial charge in [0.25, 0.3) is 0 Å². The second kappa shape index (κ2) is 7.68. The number of nitrogens with zero attached hydrogens (tertiary/aromatic N) is 1. The van der Waals surface area contributed by atoms with Gasteiger partial charge >= 0.3 is 5.97 Å². The van der Waals surface area contributed by atoms with Gasteiger partial charge < -0.3 is 20.6 Å². The van der Waals surface area contributed by atoms with Crippen LogP contribution in [0.3, 0.4) is 0 Å². The first-order chi connectivity index (χ1) is 12.8. The van der Waals surface area contributed by atoms with Crippen molar-refractivity contribution in [1.82, 2.24) is 4.98 Å². The highest BCUT2D eigenvalue weighted by Crippen LogP contribution is 2.62. The Balaban J connectivity index is 2.01. The number of carboxylic acids is 1. The van der Waals surface area contributed by atoms with Crippen LogP contribution in [0.15, 0.2) is 0 Å². The van der Waals surface area contributed by atoms with E-state index in [2.05, 4.69) is 19.2 Å². The maximum Gasteiger partial charge on any atom is 0.304 e. The van der Waals surface area contributed by atoms with Crippen molar-refractivity contribution >= 4 is 22.4 Å². The number of unbranched alkanes of at least 4 members (excludes halogenated alkanes) is 1. The Bertz CT molecular complexity index is 694. The van der Waals surface area contributed by atoms with E-state index in [-0.39, 0.29) is 30.3 Å². The Morgan fingerprint density at radius 1 is 1.41 bits per heavy atom. The summed E-state index contributed by atoms with van der Waals surface area (Å²) in [6.45, 7) is 7.00. The number of fused-ring (bicyclic) bond motifs is 2. The van der Waals surface area contributed by atoms with Crippen molar-refractivity contribution in [2.24, 2.45) is 16.7 Å². The fourth-order valence-corrected chi connectivity index (χ4v) is 6.36. The average Bonchev–Trinajstić information content (AvgIpc) is 3.03. The van der Waals surface area contributed by atoms with Gasteiger partial charge in [-0.25, -0.2) is 4.98 Å². The van der Waals surface area contributed by atoms with Gasteiger partial charge in [0.15, 0.2) is 5.13 Å². The minimum absolute atomic E-state index is 0.0274. The lowest BCUT2D eigenvalue weighted by molar-refractivity contribution is -0.150. The quantitative estimate of drug-likeness (QED) is 0.528. The molecule has 1 fully saturated rings. The first-order valence-corrected chi connectivity index (χ1v) is 10.8. The summed E-state index contributed by atoms with van der Waals surface area (Å²) in [5.41, 5.74) is -0.00482. The molecule has 2 aliphatic rings. The second-order valence-electron chi connectivity index (χ2n) is 8.74. The molecule has 1 aromatic heterocycles. The Hall–Kier alpha value is -1.18. The zero-order valence-corrected chi connectivity index (χ0v) is 17.3. The van der Waals surface area contributed by atoms with Crippen LogP contribution in [-0.4, -0.2) is 45.5 Å². The van der Waals surface area contributed by atoms with E-state index in [1.165, 1.54) is 0 Å². The molecule has 3 rings (SSSR count). The van der Waals surface area contributed by atoms with E-state index in [9.17, 15) is 20.1 Å². The number of hydrogen-bond donors (Lipinski definition) is 4. The van der Waals surface area contributed by atoms with Crippen LogP contribution in [0.2, 0.25) is 0 Å². The molecule has 27 heavy (non-hydrogen) atoms. The van der Waals surface area contributed by atoms with Crippen molar-refractivity contribution in [3.8, 4) is 0 Å². The van der Waals surface area contributed by atoms with Crippen molar-refractivity contribution in [2.75, 3.05) is 18.5 Å². The molecule has 0 amide bonds. The Kier molecular flexibility index (Phi) is 5.85. The highest BCUT2D eigenvalue weighted by Gasteiger charge is 2.59. The van der Waals surface area contributed by atoms with Crippen molar-refractivity contribution in [1.29, 1.82) is 0 Å². The van der Waals surface area contributed by atoms with Crippen molar-refractivity contribution in [3.63, 3.8) is 0 Å². The molecule has 6 nitrogen and oxygen atoms in total. The van der Waals surface area contributed by atoms with Gasteiger partial charge in [-0.15, -0.1) is 11.3 Å². The number of carboxylic acid groups (broad SMARTS) is 1. The molecule has 152 valence electrons. The normalized spacial score (nSPS) is 35.4. The fourth-order valence-electron chi connectivity index (χ4n) is 5.27. The van der Waals surface area contributed by atoms with Crippen LogP contribution >= 0.6 is 11.3 Å². The number of anilines is 1. The molecule has 0 radical (unpaired) electrons. The number of rotatable bonds is 7. The molecule has 0 spiro atoms. The minimum Gasteiger partial charge on any atom is -0.481 e. The van der Waals surface area contributed by atoms with E-state index in [0.29, 0.717) is 6.42 Å². The predicted octanol–water partition coefficient (Wildman–Crippen LogP) is 3.25. The summed E-state index contributed by atoms with van der Waals surface area (Å²) in [4.78, 5) is 17.6. The van der Waals surface area contributed by atoms with Crippen LogP contribution in [-0.2, 0) is 11.2 Å². The van der Waals surface area contributed by atoms with Crippen LogP contribution in [0.5, 0.6) is 0 Å². The van der Waals surface area contributed by atoms with Crippen LogP contribution < -0.4 is 5.32 Å². The van der Waals surface area contributed by atoms with Gasteiger partial charge in [-0.1, -0.05) is 27.2 Å². The molecule has 0 unspecified atom stereocenters. The summed E-state index contributed by atoms with van der Waals surface area (Å²) in [5.74, 6) is -0.988. The van der Waals surface area contributed by atoms with Crippen LogP contribution in [0.1, 0.15) is 69.4 Å². The van der Waals surface area contributed by atoms with Gasteiger partial charge in [0.1, 0.15) is 0 Å². The van der Waals surface area contributed by atoms with Gasteiger partial charge in [-0.2, -0.15) is 0 Å². The third kappa shape index (κ3) is 3.49. The molecule has 4 N–H and O–H groups in total. The third-order valence-electron chi connectivity index (χ3n) is 7.08. The molecule has 1 heterocycles. The SMILES string of the molecule is CCCCNc1nc2c(s1)C[C@@H]1[C@](C)(CO)[C@H](O)CC[C@@]1(C)[C@@H]2CC(=O)O. The molecule has 1 saturated carbocycles. The zero-order valence-electron chi connectivity index (χ0n) is 16.5. The van der Waals surface area contributed by atoms with Gasteiger partial charge in [0.2, 0.25) is 0 Å². The second-order valence-corrected chi connectivity index (χ2v) is 9.82. The van der Waals surface area contributed by atoms with Crippen molar-refractivity contribution in [2.45, 2.75) is 71.3 Å². The van der Waals surface area contributed by atoms with E-state index >= 15 is 0 Å². The lowest BCUT2D eigenvalue weighted by Gasteiger charge is -2.58. The maximum absolute atomic E-state index is 11.7. The molecule has 1 aromatic rings. The standard InChI is InChI=1S/C20H32N2O4S/c1-4-5-8-21-18-22-17-12(9-16(25)26)19(2)7-6-15(24)20(3,11-23)14(19)10-13(17)27-18/h12,14-15,23-24H,4-11H2,1-3H3,(H,21,22)(H,25,26)/t12-,14+,15-,19+,20+/m1/s1. The zero-order chi connectivity index (χ0) is 19.8. The molecule has 0 bridgehead atoms. The monoisotopic (exact) mass is 396 g/mol. The summed E-state index contributed by atoms with van der Waals surface area (Å²) < 4.78 is 0. The van der Waals surface area contributed by atoms with Gasteiger partial charge in [0, 0.05) is 22.8 Å². The summed E-state index contributed by atoms with van der Waals surface area (Å²) in [6.07, 6.45) is 3.72. The van der Waals surface area contributed by atoms with Crippen LogP contribution in [0.25, 0.3) is 0 Å². The number of thiazole rings is 1. The molecular formula is C20H32N2O4S. The average molecular weight is 397 g/mol. The molecule has 0 aromatic carbocycles. The smallest absolute Gasteiger partial charge is 0.304 e. The Morgan fingerprint density at radius 2 is 2.15 bits per heavy atom. The van der Waals surface area contributed by atoms with E-state index in [1.807, 2.05) is 6.92 Å². The number of aliphatic carboxylic acids is 1. The first-order valence-electron chi connectivity index (χ1n) is 10.0. The molecule has 2 aliphatic carbocycles. The number of aliphatic hydroxyl groups excluding tert-OH is 2. The first kappa shape index (κ1) is 20.6. The maximum atomic E-state index is 11.7.